The van der Waals surface area contributed by atoms with Gasteiger partial charge in [0.25, 0.3) is 0 Å². The first-order chi connectivity index (χ1) is 10.5. The highest BCUT2D eigenvalue weighted by atomic mass is 35.5. The van der Waals surface area contributed by atoms with Crippen molar-refractivity contribution in [1.82, 2.24) is 10.6 Å². The van der Waals surface area contributed by atoms with Crippen LogP contribution in [0.5, 0.6) is 0 Å². The molecule has 1 amide bonds. The fourth-order valence-corrected chi connectivity index (χ4v) is 2.48. The van der Waals surface area contributed by atoms with Crippen LogP contribution in [0.4, 0.5) is 0 Å². The normalized spacial score (nSPS) is 11.3. The van der Waals surface area contributed by atoms with E-state index in [-0.39, 0.29) is 37.8 Å². The average Bonchev–Trinajstić information content (AvgIpc) is 2.43. The number of carbonyl (C=O) groups is 2. The van der Waals surface area contributed by atoms with Crippen LogP contribution >= 0.6 is 35.6 Å². The lowest BCUT2D eigenvalue weighted by Gasteiger charge is -2.17. The van der Waals surface area contributed by atoms with Crippen molar-refractivity contribution in [3.05, 3.63) is 33.8 Å². The Kier molecular flexibility index (Phi) is 11.0. The van der Waals surface area contributed by atoms with E-state index in [1.165, 1.54) is 0 Å². The lowest BCUT2D eigenvalue weighted by atomic mass is 10.1. The van der Waals surface area contributed by atoms with Gasteiger partial charge in [0.1, 0.15) is 6.04 Å². The Hall–Kier alpha value is -1.01. The highest BCUT2D eigenvalue weighted by Crippen LogP contribution is 2.20. The highest BCUT2D eigenvalue weighted by Gasteiger charge is 2.22. The zero-order valence-electron chi connectivity index (χ0n) is 13.0. The topological polar surface area (TPSA) is 67.4 Å². The van der Waals surface area contributed by atoms with E-state index in [2.05, 4.69) is 10.6 Å². The van der Waals surface area contributed by atoms with Crippen molar-refractivity contribution in [3.8, 4) is 0 Å². The number of hydrogen-bond donors (Lipinski definition) is 2. The van der Waals surface area contributed by atoms with Crippen LogP contribution in [0.2, 0.25) is 10.0 Å². The van der Waals surface area contributed by atoms with E-state index in [0.29, 0.717) is 16.6 Å². The van der Waals surface area contributed by atoms with Gasteiger partial charge in [0.15, 0.2) is 0 Å². The summed E-state index contributed by atoms with van der Waals surface area (Å²) in [6, 6.07) is 4.26. The minimum absolute atomic E-state index is 0. The van der Waals surface area contributed by atoms with Crippen molar-refractivity contribution in [3.63, 3.8) is 0 Å². The zero-order valence-corrected chi connectivity index (χ0v) is 15.4. The van der Waals surface area contributed by atoms with Gasteiger partial charge >= 0.3 is 5.97 Å². The van der Waals surface area contributed by atoms with Gasteiger partial charge in [0.05, 0.1) is 6.61 Å². The first-order valence-electron chi connectivity index (χ1n) is 7.01. The molecule has 0 heterocycles. The quantitative estimate of drug-likeness (QED) is 0.677. The Morgan fingerprint density at radius 2 is 1.83 bits per heavy atom. The molecule has 1 aromatic carbocycles. The van der Waals surface area contributed by atoms with Gasteiger partial charge in [0, 0.05) is 29.4 Å². The first-order valence-corrected chi connectivity index (χ1v) is 7.77. The van der Waals surface area contributed by atoms with Crippen LogP contribution in [0, 0.1) is 0 Å². The lowest BCUT2D eigenvalue weighted by molar-refractivity contribution is -0.147. The number of amides is 1. The SMILES string of the molecule is CCOC(=O)C(Cc1cc(Cl)cc(Cl)c1)NC(=O)CCNC.Cl. The Balaban J connectivity index is 0.00000484. The molecule has 0 radical (unpaired) electrons. The van der Waals surface area contributed by atoms with E-state index in [1.807, 2.05) is 0 Å². The molecule has 0 saturated heterocycles. The molecule has 5 nitrogen and oxygen atoms in total. The molecule has 0 bridgehead atoms. The number of esters is 1. The second-order valence-electron chi connectivity index (χ2n) is 4.71. The van der Waals surface area contributed by atoms with Gasteiger partial charge in [-0.05, 0) is 37.7 Å². The average molecular weight is 384 g/mol. The number of nitrogens with one attached hydrogen (secondary N) is 2. The summed E-state index contributed by atoms with van der Waals surface area (Å²) in [5.74, 6) is -0.697. The van der Waals surface area contributed by atoms with Gasteiger partial charge in [0.2, 0.25) is 5.91 Å². The monoisotopic (exact) mass is 382 g/mol. The molecule has 23 heavy (non-hydrogen) atoms. The Morgan fingerprint density at radius 3 is 2.35 bits per heavy atom. The molecule has 1 atom stereocenters. The number of rotatable bonds is 8. The van der Waals surface area contributed by atoms with Crippen molar-refractivity contribution < 1.29 is 14.3 Å². The summed E-state index contributed by atoms with van der Waals surface area (Å²) in [5.41, 5.74) is 0.754. The number of carbonyl (C=O) groups excluding carboxylic acids is 2. The fourth-order valence-electron chi connectivity index (χ4n) is 1.91. The first kappa shape index (κ1) is 22.0. The molecule has 2 N–H and O–H groups in total. The summed E-state index contributed by atoms with van der Waals surface area (Å²) in [4.78, 5) is 23.8. The van der Waals surface area contributed by atoms with Crippen molar-refractivity contribution in [1.29, 1.82) is 0 Å². The van der Waals surface area contributed by atoms with E-state index in [0.717, 1.165) is 5.56 Å². The maximum Gasteiger partial charge on any atom is 0.328 e. The van der Waals surface area contributed by atoms with Gasteiger partial charge in [-0.2, -0.15) is 0 Å². The predicted molar refractivity (Wildman–Crippen MR) is 94.5 cm³/mol. The third-order valence-electron chi connectivity index (χ3n) is 2.87. The van der Waals surface area contributed by atoms with Crippen LogP contribution in [-0.4, -0.2) is 38.1 Å². The number of halogens is 3. The highest BCUT2D eigenvalue weighted by molar-refractivity contribution is 6.34. The van der Waals surface area contributed by atoms with Crippen LogP contribution in [0.15, 0.2) is 18.2 Å². The summed E-state index contributed by atoms with van der Waals surface area (Å²) < 4.78 is 5.01. The molecule has 0 aliphatic heterocycles. The Bertz CT molecular complexity index is 506. The number of benzene rings is 1. The van der Waals surface area contributed by atoms with E-state index >= 15 is 0 Å². The maximum atomic E-state index is 12.0. The van der Waals surface area contributed by atoms with Crippen LogP contribution in [0.1, 0.15) is 18.9 Å². The molecule has 8 heteroatoms. The van der Waals surface area contributed by atoms with Crippen LogP contribution < -0.4 is 10.6 Å². The summed E-state index contributed by atoms with van der Waals surface area (Å²) in [6.07, 6.45) is 0.549. The van der Waals surface area contributed by atoms with E-state index in [4.69, 9.17) is 27.9 Å². The summed E-state index contributed by atoms with van der Waals surface area (Å²) >= 11 is 11.9. The van der Waals surface area contributed by atoms with Gasteiger partial charge < -0.3 is 15.4 Å². The van der Waals surface area contributed by atoms with Crippen molar-refractivity contribution in [2.75, 3.05) is 20.2 Å². The van der Waals surface area contributed by atoms with Gasteiger partial charge in [-0.1, -0.05) is 23.2 Å². The molecule has 1 rings (SSSR count). The van der Waals surface area contributed by atoms with Crippen molar-refractivity contribution in [2.24, 2.45) is 0 Å². The van der Waals surface area contributed by atoms with E-state index in [1.54, 1.807) is 32.2 Å². The molecule has 0 fully saturated rings. The fraction of sp³-hybridized carbons (Fsp3) is 0.467. The molecular formula is C15H21Cl3N2O3. The lowest BCUT2D eigenvalue weighted by Crippen LogP contribution is -2.44. The molecule has 130 valence electrons. The number of ether oxygens (including phenoxy) is 1. The smallest absolute Gasteiger partial charge is 0.328 e. The third kappa shape index (κ3) is 8.42. The van der Waals surface area contributed by atoms with Crippen molar-refractivity contribution in [2.45, 2.75) is 25.8 Å². The Labute approximate surface area is 152 Å². The van der Waals surface area contributed by atoms with Gasteiger partial charge in [-0.15, -0.1) is 12.4 Å². The standard InChI is InChI=1S/C15H20Cl2N2O3.ClH/c1-3-22-15(21)13(19-14(20)4-5-18-2)8-10-6-11(16)9-12(17)7-10;/h6-7,9,13,18H,3-5,8H2,1-2H3,(H,19,20);1H. The van der Waals surface area contributed by atoms with Crippen LogP contribution in [0.25, 0.3) is 0 Å². The minimum Gasteiger partial charge on any atom is -0.464 e. The molecule has 0 aliphatic carbocycles. The van der Waals surface area contributed by atoms with E-state index in [9.17, 15) is 9.59 Å². The zero-order chi connectivity index (χ0) is 16.5. The molecular weight excluding hydrogens is 363 g/mol. The summed E-state index contributed by atoms with van der Waals surface area (Å²) in [6.45, 7) is 2.50. The summed E-state index contributed by atoms with van der Waals surface area (Å²) in [5, 5.41) is 6.52. The largest absolute Gasteiger partial charge is 0.464 e. The Morgan fingerprint density at radius 1 is 1.22 bits per heavy atom. The van der Waals surface area contributed by atoms with Gasteiger partial charge in [-0.3, -0.25) is 4.79 Å². The minimum atomic E-state index is -0.765. The molecule has 1 aromatic rings. The molecule has 1 unspecified atom stereocenters. The summed E-state index contributed by atoms with van der Waals surface area (Å²) in [7, 11) is 1.75. The van der Waals surface area contributed by atoms with Crippen molar-refractivity contribution >= 4 is 47.5 Å². The van der Waals surface area contributed by atoms with E-state index < -0.39 is 12.0 Å². The third-order valence-corrected chi connectivity index (χ3v) is 3.31. The maximum absolute atomic E-state index is 12.0. The van der Waals surface area contributed by atoms with Crippen LogP contribution in [0.3, 0.4) is 0 Å². The molecule has 0 spiro atoms. The predicted octanol–water partition coefficient (Wildman–Crippen LogP) is 2.62. The number of hydrogen-bond acceptors (Lipinski definition) is 4. The molecule has 0 aliphatic rings. The molecule has 0 aromatic heterocycles. The van der Waals surface area contributed by atoms with Gasteiger partial charge in [-0.25, -0.2) is 4.79 Å². The second-order valence-corrected chi connectivity index (χ2v) is 5.58. The van der Waals surface area contributed by atoms with Crippen LogP contribution in [-0.2, 0) is 20.7 Å². The second kappa shape index (κ2) is 11.5. The molecule has 0 saturated carbocycles.